The third-order valence-electron chi connectivity index (χ3n) is 3.46. The van der Waals surface area contributed by atoms with E-state index in [-0.39, 0.29) is 5.41 Å². The van der Waals surface area contributed by atoms with Gasteiger partial charge in [0, 0.05) is 17.0 Å². The molecule has 1 aromatic heterocycles. The average Bonchev–Trinajstić information content (AvgIpc) is 2.42. The number of nitrogen functional groups attached to an aromatic ring is 1. The number of hydrogen-bond donors (Lipinski definition) is 1. The normalized spacial score (nSPS) is 11.5. The molecule has 5 heteroatoms. The second-order valence-electron chi connectivity index (χ2n) is 5.88. The molecule has 2 aromatic rings. The molecule has 1 aromatic carbocycles. The van der Waals surface area contributed by atoms with Gasteiger partial charge in [-0.1, -0.05) is 20.8 Å². The molecule has 1 heterocycles. The van der Waals surface area contributed by atoms with Crippen molar-refractivity contribution in [2.24, 2.45) is 0 Å². The Bertz CT molecular complexity index is 676. The fourth-order valence-electron chi connectivity index (χ4n) is 2.41. The largest absolute Gasteiger partial charge is 0.493 e. The molecule has 2 N–H and O–H groups in total. The summed E-state index contributed by atoms with van der Waals surface area (Å²) in [5, 5.41) is 0.856. The van der Waals surface area contributed by atoms with Crippen LogP contribution in [-0.4, -0.2) is 26.3 Å². The molecule has 0 unspecified atom stereocenters. The van der Waals surface area contributed by atoms with E-state index >= 15 is 0 Å². The van der Waals surface area contributed by atoms with E-state index in [0.29, 0.717) is 23.1 Å². The Morgan fingerprint density at radius 3 is 2.05 bits per heavy atom. The van der Waals surface area contributed by atoms with Gasteiger partial charge >= 0.3 is 0 Å². The van der Waals surface area contributed by atoms with Crippen molar-refractivity contribution in [2.45, 2.75) is 26.2 Å². The monoisotopic (exact) mass is 290 g/mol. The molecule has 114 valence electrons. The number of rotatable bonds is 3. The lowest BCUT2D eigenvalue weighted by Crippen LogP contribution is -2.15. The maximum atomic E-state index is 6.10. The van der Waals surface area contributed by atoms with E-state index in [1.54, 1.807) is 27.4 Å². The van der Waals surface area contributed by atoms with Crippen molar-refractivity contribution >= 4 is 16.7 Å². The molecule has 0 saturated heterocycles. The van der Waals surface area contributed by atoms with Crippen molar-refractivity contribution in [3.8, 4) is 17.2 Å². The van der Waals surface area contributed by atoms with Gasteiger partial charge in [-0.05, 0) is 11.5 Å². The molecule has 21 heavy (non-hydrogen) atoms. The predicted molar refractivity (Wildman–Crippen MR) is 84.5 cm³/mol. The third kappa shape index (κ3) is 2.55. The molecule has 0 bridgehead atoms. The summed E-state index contributed by atoms with van der Waals surface area (Å²) in [6, 6.07) is 3.82. The zero-order chi connectivity index (χ0) is 15.8. The zero-order valence-corrected chi connectivity index (χ0v) is 13.4. The van der Waals surface area contributed by atoms with E-state index in [2.05, 4.69) is 25.8 Å². The molecular weight excluding hydrogens is 268 g/mol. The highest BCUT2D eigenvalue weighted by atomic mass is 16.5. The van der Waals surface area contributed by atoms with Crippen molar-refractivity contribution in [3.63, 3.8) is 0 Å². The van der Waals surface area contributed by atoms with Crippen LogP contribution in [0.15, 0.2) is 12.1 Å². The summed E-state index contributed by atoms with van der Waals surface area (Å²) in [6.07, 6.45) is 0. The first-order chi connectivity index (χ1) is 9.83. The Kier molecular flexibility index (Phi) is 3.85. The number of methoxy groups -OCH3 is 3. The van der Waals surface area contributed by atoms with Gasteiger partial charge in [-0.3, -0.25) is 0 Å². The number of benzene rings is 1. The Hall–Kier alpha value is -2.17. The standard InChI is InChI=1S/C16H22N2O3/c1-16(2,3)10-7-9-11(18-15(10)17)8-12(19-4)14(21-6)13(9)20-5/h7-8H,1-6H3,(H2,17,18). The number of aromatic nitrogens is 1. The van der Waals surface area contributed by atoms with Crippen LogP contribution < -0.4 is 19.9 Å². The molecule has 0 radical (unpaired) electrons. The van der Waals surface area contributed by atoms with Gasteiger partial charge in [-0.2, -0.15) is 0 Å². The number of ether oxygens (including phenoxy) is 3. The molecule has 5 nitrogen and oxygen atoms in total. The number of nitrogens with zero attached hydrogens (tertiary/aromatic N) is 1. The van der Waals surface area contributed by atoms with Crippen LogP contribution in [0.25, 0.3) is 10.9 Å². The topological polar surface area (TPSA) is 66.6 Å². The minimum absolute atomic E-state index is 0.108. The highest BCUT2D eigenvalue weighted by molar-refractivity contribution is 5.92. The van der Waals surface area contributed by atoms with Gasteiger partial charge in [0.05, 0.1) is 26.8 Å². The zero-order valence-electron chi connectivity index (χ0n) is 13.4. The molecule has 0 spiro atoms. The maximum absolute atomic E-state index is 6.10. The van der Waals surface area contributed by atoms with Gasteiger partial charge in [-0.25, -0.2) is 4.98 Å². The molecule has 0 atom stereocenters. The molecule has 2 rings (SSSR count). The SMILES string of the molecule is COc1cc2nc(N)c(C(C)(C)C)cc2c(OC)c1OC. The highest BCUT2D eigenvalue weighted by Crippen LogP contribution is 2.44. The van der Waals surface area contributed by atoms with Gasteiger partial charge < -0.3 is 19.9 Å². The van der Waals surface area contributed by atoms with Crippen LogP contribution in [0.2, 0.25) is 0 Å². The van der Waals surface area contributed by atoms with Crippen molar-refractivity contribution in [3.05, 3.63) is 17.7 Å². The second kappa shape index (κ2) is 5.31. The number of fused-ring (bicyclic) bond motifs is 1. The summed E-state index contributed by atoms with van der Waals surface area (Å²) in [4.78, 5) is 4.50. The summed E-state index contributed by atoms with van der Waals surface area (Å²) in [7, 11) is 4.77. The van der Waals surface area contributed by atoms with Crippen molar-refractivity contribution < 1.29 is 14.2 Å². The fourth-order valence-corrected chi connectivity index (χ4v) is 2.41. The van der Waals surface area contributed by atoms with Crippen LogP contribution in [0.4, 0.5) is 5.82 Å². The number of nitrogens with two attached hydrogens (primary N) is 1. The van der Waals surface area contributed by atoms with E-state index in [1.807, 2.05) is 6.07 Å². The molecule has 0 aliphatic heterocycles. The van der Waals surface area contributed by atoms with Gasteiger partial charge in [-0.15, -0.1) is 0 Å². The summed E-state index contributed by atoms with van der Waals surface area (Å²) in [5.74, 6) is 2.24. The van der Waals surface area contributed by atoms with E-state index in [0.717, 1.165) is 16.5 Å². The summed E-state index contributed by atoms with van der Waals surface area (Å²) in [6.45, 7) is 6.29. The van der Waals surface area contributed by atoms with E-state index < -0.39 is 0 Å². The van der Waals surface area contributed by atoms with Crippen molar-refractivity contribution in [2.75, 3.05) is 27.1 Å². The maximum Gasteiger partial charge on any atom is 0.204 e. The van der Waals surface area contributed by atoms with E-state index in [1.165, 1.54) is 0 Å². The molecule has 0 fully saturated rings. The Morgan fingerprint density at radius 1 is 0.952 bits per heavy atom. The minimum Gasteiger partial charge on any atom is -0.493 e. The highest BCUT2D eigenvalue weighted by Gasteiger charge is 2.22. The van der Waals surface area contributed by atoms with Crippen LogP contribution in [-0.2, 0) is 5.41 Å². The lowest BCUT2D eigenvalue weighted by atomic mass is 9.86. The van der Waals surface area contributed by atoms with Crippen molar-refractivity contribution in [1.29, 1.82) is 0 Å². The minimum atomic E-state index is -0.108. The molecular formula is C16H22N2O3. The molecule has 0 saturated carbocycles. The van der Waals surface area contributed by atoms with Gasteiger partial charge in [0.25, 0.3) is 0 Å². The molecule has 0 aliphatic rings. The Morgan fingerprint density at radius 2 is 1.57 bits per heavy atom. The first-order valence-electron chi connectivity index (χ1n) is 6.73. The predicted octanol–water partition coefficient (Wildman–Crippen LogP) is 3.14. The van der Waals surface area contributed by atoms with Crippen molar-refractivity contribution in [1.82, 2.24) is 4.98 Å². The Balaban J connectivity index is 2.88. The van der Waals surface area contributed by atoms with Gasteiger partial charge in [0.2, 0.25) is 5.75 Å². The average molecular weight is 290 g/mol. The summed E-state index contributed by atoms with van der Waals surface area (Å²) < 4.78 is 16.3. The van der Waals surface area contributed by atoms with Crippen LogP contribution in [0.3, 0.4) is 0 Å². The summed E-state index contributed by atoms with van der Waals surface area (Å²) >= 11 is 0. The van der Waals surface area contributed by atoms with Crippen LogP contribution in [0.5, 0.6) is 17.2 Å². The van der Waals surface area contributed by atoms with Gasteiger partial charge in [0.15, 0.2) is 11.5 Å². The van der Waals surface area contributed by atoms with E-state index in [9.17, 15) is 0 Å². The molecule has 0 amide bonds. The lowest BCUT2D eigenvalue weighted by Gasteiger charge is -2.22. The Labute approximate surface area is 125 Å². The second-order valence-corrected chi connectivity index (χ2v) is 5.88. The van der Waals surface area contributed by atoms with Gasteiger partial charge in [0.1, 0.15) is 5.82 Å². The third-order valence-corrected chi connectivity index (χ3v) is 3.46. The van der Waals surface area contributed by atoms with Crippen LogP contribution in [0, 0.1) is 0 Å². The first-order valence-corrected chi connectivity index (χ1v) is 6.73. The molecule has 0 aliphatic carbocycles. The van der Waals surface area contributed by atoms with E-state index in [4.69, 9.17) is 19.9 Å². The van der Waals surface area contributed by atoms with Crippen LogP contribution in [0.1, 0.15) is 26.3 Å². The smallest absolute Gasteiger partial charge is 0.204 e. The first kappa shape index (κ1) is 15.2. The van der Waals surface area contributed by atoms with Crippen LogP contribution >= 0.6 is 0 Å². The number of hydrogen-bond acceptors (Lipinski definition) is 5. The number of pyridine rings is 1. The lowest BCUT2D eigenvalue weighted by molar-refractivity contribution is 0.327. The number of anilines is 1. The quantitative estimate of drug-likeness (QED) is 0.940. The summed E-state index contributed by atoms with van der Waals surface area (Å²) in [5.41, 5.74) is 7.69. The fraction of sp³-hybridized carbons (Fsp3) is 0.438.